The van der Waals surface area contributed by atoms with E-state index < -0.39 is 114 Å². The Kier molecular flexibility index (Phi) is 11.3. The van der Waals surface area contributed by atoms with E-state index in [1.807, 2.05) is 0 Å². The second kappa shape index (κ2) is 15.6. The van der Waals surface area contributed by atoms with Crippen molar-refractivity contribution in [2.24, 2.45) is 0 Å². The van der Waals surface area contributed by atoms with Crippen LogP contribution in [0, 0.1) is 11.6 Å². The maximum atomic E-state index is 14.4. The molecule has 0 N–H and O–H groups in total. The zero-order chi connectivity index (χ0) is 45.7. The Morgan fingerprint density at radius 2 is 0.524 bits per heavy atom. The van der Waals surface area contributed by atoms with Crippen molar-refractivity contribution in [3.8, 4) is 34.5 Å². The number of benzene rings is 6. The normalized spacial score (nSPS) is 18.1. The van der Waals surface area contributed by atoms with Crippen LogP contribution in [0.4, 0.5) is 61.5 Å². The van der Waals surface area contributed by atoms with Gasteiger partial charge in [0, 0.05) is 0 Å². The van der Waals surface area contributed by atoms with Crippen molar-refractivity contribution in [1.29, 1.82) is 0 Å². The predicted octanol–water partition coefficient (Wildman–Crippen LogP) is 15.8. The van der Waals surface area contributed by atoms with Crippen LogP contribution in [0.15, 0.2) is 146 Å². The first-order valence-electron chi connectivity index (χ1n) is 17.5. The zero-order valence-corrected chi connectivity index (χ0v) is 33.8. The first-order valence-corrected chi connectivity index (χ1v) is 24.9. The Labute approximate surface area is 348 Å². The summed E-state index contributed by atoms with van der Waals surface area (Å²) >= 11 is 0. The van der Waals surface area contributed by atoms with Crippen molar-refractivity contribution in [1.82, 2.24) is 0 Å². The van der Waals surface area contributed by atoms with Crippen molar-refractivity contribution in [2.45, 2.75) is 24.7 Å². The van der Waals surface area contributed by atoms with Gasteiger partial charge in [0.2, 0.25) is 0 Å². The summed E-state index contributed by atoms with van der Waals surface area (Å²) in [4.78, 5) is 0. The Balaban J connectivity index is 1.64. The third-order valence-electron chi connectivity index (χ3n) is 8.76. The van der Waals surface area contributed by atoms with Gasteiger partial charge in [0.1, 0.15) is 0 Å². The molecule has 1 heterocycles. The zero-order valence-electron chi connectivity index (χ0n) is 31.0. The fourth-order valence-corrected chi connectivity index (χ4v) is 34.1. The monoisotopic (exact) mass is 960 g/mol. The van der Waals surface area contributed by atoms with Crippen molar-refractivity contribution in [3.05, 3.63) is 179 Å². The Hall–Kier alpha value is -5.57. The molecule has 0 bridgehead atoms. The topological polar surface area (TPSA) is 55.4 Å². The fraction of sp³-hybridized carbons (Fsp3) is 0.100. The van der Waals surface area contributed by atoms with Crippen LogP contribution in [0.25, 0.3) is 0 Å². The molecule has 6 aromatic rings. The molecule has 0 aliphatic carbocycles. The molecule has 0 aromatic heterocycles. The Morgan fingerprint density at radius 3 is 0.746 bits per heavy atom. The quantitative estimate of drug-likeness (QED) is 0.0900. The van der Waals surface area contributed by atoms with E-state index in [0.717, 1.165) is 97.1 Å². The molecule has 0 radical (unpaired) electrons. The summed E-state index contributed by atoms with van der Waals surface area (Å²) in [6.07, 6.45) is -20.5. The molecule has 7 rings (SSSR count). The molecule has 1 saturated heterocycles. The van der Waals surface area contributed by atoms with Crippen molar-refractivity contribution < 1.29 is 88.6 Å². The summed E-state index contributed by atoms with van der Waals surface area (Å²) in [5.74, 6) is -6.43. The van der Waals surface area contributed by atoms with Crippen LogP contribution in [-0.4, -0.2) is 0 Å². The van der Waals surface area contributed by atoms with Gasteiger partial charge in [-0.25, -0.2) is 0 Å². The molecule has 63 heavy (non-hydrogen) atoms. The van der Waals surface area contributed by atoms with E-state index in [9.17, 15) is 61.5 Å². The summed E-state index contributed by atoms with van der Waals surface area (Å²) < 4.78 is 239. The summed E-state index contributed by atoms with van der Waals surface area (Å²) in [7, 11) is -1.71. The first kappa shape index (κ1) is 45.5. The van der Waals surface area contributed by atoms with Gasteiger partial charge in [-0.1, -0.05) is 0 Å². The number of hydrogen-bond donors (Lipinski definition) is 0. The Bertz CT molecular complexity index is 2440. The van der Waals surface area contributed by atoms with Crippen LogP contribution in [0.5, 0.6) is 34.5 Å². The van der Waals surface area contributed by atoms with E-state index in [4.69, 9.17) is 27.1 Å². The third-order valence-corrected chi connectivity index (χ3v) is 32.8. The second-order valence-corrected chi connectivity index (χ2v) is 31.4. The van der Waals surface area contributed by atoms with Crippen molar-refractivity contribution in [2.75, 3.05) is 0 Å². The van der Waals surface area contributed by atoms with E-state index in [1.165, 1.54) is 0 Å². The van der Waals surface area contributed by atoms with Gasteiger partial charge in [-0.3, -0.25) is 0 Å². The molecule has 1 aliphatic rings. The molecule has 1 aliphatic heterocycles. The molecule has 0 amide bonds. The fourth-order valence-electron chi connectivity index (χ4n) is 5.94. The standard InChI is InChI=1S/C40H25F14O6P3/c41-29-13-17-31(18-14-29)55-62(56-32-19-15-30(42)16-20-32,57-33-9-1-5-25(21-33)37(43,44)45)61-63(62,58-34-10-2-6-26(22-34)38(46,47)48,59-35-11-3-7-27(23-35)39(49,50)51)60-36-12-4-8-28(24-36)40(52,53)54/h1-24,61H. The molecule has 0 saturated carbocycles. The number of halogens is 14. The van der Waals surface area contributed by atoms with E-state index in [-0.39, 0.29) is 0 Å². The summed E-state index contributed by atoms with van der Waals surface area (Å²) in [6.45, 7) is -13.2. The van der Waals surface area contributed by atoms with Crippen molar-refractivity contribution in [3.63, 3.8) is 0 Å². The molecule has 334 valence electrons. The average molecular weight is 961 g/mol. The molecule has 0 spiro atoms. The van der Waals surface area contributed by atoms with E-state index >= 15 is 0 Å². The van der Waals surface area contributed by atoms with Gasteiger partial charge in [0.15, 0.2) is 0 Å². The van der Waals surface area contributed by atoms with Gasteiger partial charge in [-0.05, 0) is 0 Å². The molecule has 23 heteroatoms. The van der Waals surface area contributed by atoms with E-state index in [0.29, 0.717) is 48.5 Å². The number of alkyl halides is 12. The number of hydrogen-bond acceptors (Lipinski definition) is 6. The summed E-state index contributed by atoms with van der Waals surface area (Å²) in [6, 6.07) is 17.3. The molecule has 1 atom stereocenters. The van der Waals surface area contributed by atoms with Gasteiger partial charge in [-0.2, -0.15) is 0 Å². The van der Waals surface area contributed by atoms with Crippen LogP contribution in [0.3, 0.4) is 0 Å². The van der Waals surface area contributed by atoms with Gasteiger partial charge >= 0.3 is 349 Å². The minimum atomic E-state index is -6.67. The molecule has 1 fully saturated rings. The van der Waals surface area contributed by atoms with Gasteiger partial charge < -0.3 is 0 Å². The predicted molar refractivity (Wildman–Crippen MR) is 204 cm³/mol. The number of rotatable bonds is 12. The van der Waals surface area contributed by atoms with E-state index in [2.05, 4.69) is 0 Å². The molecular weight excluding hydrogens is 935 g/mol. The van der Waals surface area contributed by atoms with Crippen LogP contribution in [0.2, 0.25) is 0 Å². The third kappa shape index (κ3) is 8.98. The molecule has 1 unspecified atom stereocenters. The van der Waals surface area contributed by atoms with Gasteiger partial charge in [-0.15, -0.1) is 0 Å². The van der Waals surface area contributed by atoms with Crippen LogP contribution >= 0.6 is 21.3 Å². The minimum absolute atomic E-state index is 0.355. The summed E-state index contributed by atoms with van der Waals surface area (Å²) in [5, 5.41) is 0. The molecule has 6 nitrogen and oxygen atoms in total. The SMILES string of the molecule is Fc1ccc(OP2(Oc3ccc(F)cc3)(Oc3cccc(C(F)(F)F)c3)PP2(Oc2cccc(C(F)(F)F)c2)(Oc2cccc(C(F)(F)F)c2)Oc2cccc(C(F)(F)F)c2)cc1. The Morgan fingerprint density at radius 1 is 0.302 bits per heavy atom. The molecule has 6 aromatic carbocycles. The summed E-state index contributed by atoms with van der Waals surface area (Å²) in [5.41, 5.74) is -5.64. The van der Waals surface area contributed by atoms with Crippen molar-refractivity contribution >= 4 is 21.3 Å². The van der Waals surface area contributed by atoms with Crippen LogP contribution in [-0.2, 0) is 24.7 Å². The van der Waals surface area contributed by atoms with Crippen LogP contribution < -0.4 is 27.1 Å². The molecular formula is C40H25F14O6P3. The van der Waals surface area contributed by atoms with Gasteiger partial charge in [0.25, 0.3) is 0 Å². The van der Waals surface area contributed by atoms with Crippen LogP contribution in [0.1, 0.15) is 22.3 Å². The average Bonchev–Trinajstić information content (AvgIpc) is 3.66. The second-order valence-electron chi connectivity index (χ2n) is 13.3. The first-order chi connectivity index (χ1) is 29.3. The maximum absolute atomic E-state index is 14.4. The van der Waals surface area contributed by atoms with E-state index in [1.54, 1.807) is 0 Å². The van der Waals surface area contributed by atoms with Gasteiger partial charge in [0.05, 0.1) is 0 Å².